The van der Waals surface area contributed by atoms with Crippen molar-refractivity contribution < 1.29 is 14.7 Å². The van der Waals surface area contributed by atoms with Gasteiger partial charge >= 0.3 is 5.97 Å². The Labute approximate surface area is 102 Å². The molecule has 1 unspecified atom stereocenters. The maximum Gasteiger partial charge on any atom is 0.307 e. The average Bonchev–Trinajstić information content (AvgIpc) is 3.08. The summed E-state index contributed by atoms with van der Waals surface area (Å²) in [6.45, 7) is 5.76. The van der Waals surface area contributed by atoms with E-state index >= 15 is 0 Å². The smallest absolute Gasteiger partial charge is 0.307 e. The van der Waals surface area contributed by atoms with Crippen molar-refractivity contribution in [2.75, 3.05) is 26.2 Å². The lowest BCUT2D eigenvalue weighted by atomic mass is 10.1. The van der Waals surface area contributed by atoms with Crippen LogP contribution in [0, 0.1) is 11.8 Å². The number of carbonyl (C=O) groups excluding carboxylic acids is 1. The second-order valence-electron chi connectivity index (χ2n) is 4.81. The number of carboxylic acids is 1. The Morgan fingerprint density at radius 2 is 2.12 bits per heavy atom. The van der Waals surface area contributed by atoms with Gasteiger partial charge in [0.1, 0.15) is 0 Å². The summed E-state index contributed by atoms with van der Waals surface area (Å²) < 4.78 is 0. The van der Waals surface area contributed by atoms with Crippen molar-refractivity contribution in [3.8, 4) is 0 Å². The summed E-state index contributed by atoms with van der Waals surface area (Å²) in [7, 11) is 0. The van der Waals surface area contributed by atoms with Gasteiger partial charge in [0.15, 0.2) is 0 Å². The number of aliphatic carboxylic acids is 1. The van der Waals surface area contributed by atoms with E-state index in [0.29, 0.717) is 25.6 Å². The molecule has 1 fully saturated rings. The number of rotatable bonds is 8. The highest BCUT2D eigenvalue weighted by Gasteiger charge is 2.22. The van der Waals surface area contributed by atoms with E-state index in [2.05, 4.69) is 5.32 Å². The summed E-state index contributed by atoms with van der Waals surface area (Å²) in [6.07, 6.45) is 2.43. The third-order valence-electron chi connectivity index (χ3n) is 3.05. The van der Waals surface area contributed by atoms with Crippen LogP contribution in [0.2, 0.25) is 0 Å². The Morgan fingerprint density at radius 1 is 1.47 bits per heavy atom. The largest absolute Gasteiger partial charge is 0.481 e. The van der Waals surface area contributed by atoms with E-state index < -0.39 is 11.9 Å². The van der Waals surface area contributed by atoms with Crippen molar-refractivity contribution in [3.05, 3.63) is 0 Å². The quantitative estimate of drug-likeness (QED) is 0.652. The molecule has 0 aromatic rings. The van der Waals surface area contributed by atoms with Crippen molar-refractivity contribution >= 4 is 11.9 Å². The van der Waals surface area contributed by atoms with Crippen molar-refractivity contribution in [2.45, 2.75) is 26.7 Å². The van der Waals surface area contributed by atoms with Crippen molar-refractivity contribution in [3.63, 3.8) is 0 Å². The van der Waals surface area contributed by atoms with Gasteiger partial charge in [0, 0.05) is 13.1 Å². The summed E-state index contributed by atoms with van der Waals surface area (Å²) in [5.74, 6) is -0.587. The molecule has 1 rings (SSSR count). The standard InChI is InChI=1S/C12H22N2O3/c1-3-14(7-9(2)12(16)17)8-11(15)13-6-10-4-5-10/h9-10H,3-8H2,1-2H3,(H,13,15)(H,16,17). The summed E-state index contributed by atoms with van der Waals surface area (Å²) in [4.78, 5) is 24.2. The van der Waals surface area contributed by atoms with Gasteiger partial charge in [-0.2, -0.15) is 0 Å². The number of hydrogen-bond donors (Lipinski definition) is 2. The number of carbonyl (C=O) groups is 2. The van der Waals surface area contributed by atoms with Gasteiger partial charge in [-0.25, -0.2) is 0 Å². The van der Waals surface area contributed by atoms with E-state index in [-0.39, 0.29) is 5.91 Å². The fourth-order valence-corrected chi connectivity index (χ4v) is 1.61. The SMILES string of the molecule is CCN(CC(=O)NCC1CC1)CC(C)C(=O)O. The number of nitrogens with one attached hydrogen (secondary N) is 1. The molecule has 1 saturated carbocycles. The molecule has 0 aliphatic heterocycles. The van der Waals surface area contributed by atoms with Crippen LogP contribution in [0.5, 0.6) is 0 Å². The second kappa shape index (κ2) is 6.59. The van der Waals surface area contributed by atoms with Gasteiger partial charge in [-0.3, -0.25) is 14.5 Å². The van der Waals surface area contributed by atoms with Crippen LogP contribution in [-0.2, 0) is 9.59 Å². The van der Waals surface area contributed by atoms with E-state index in [0.717, 1.165) is 6.54 Å². The molecule has 0 spiro atoms. The van der Waals surface area contributed by atoms with Crippen LogP contribution in [0.3, 0.4) is 0 Å². The van der Waals surface area contributed by atoms with Gasteiger partial charge in [-0.1, -0.05) is 13.8 Å². The minimum Gasteiger partial charge on any atom is -0.481 e. The van der Waals surface area contributed by atoms with E-state index in [9.17, 15) is 9.59 Å². The Morgan fingerprint density at radius 3 is 2.59 bits per heavy atom. The first kappa shape index (κ1) is 14.0. The monoisotopic (exact) mass is 242 g/mol. The van der Waals surface area contributed by atoms with Gasteiger partial charge in [0.05, 0.1) is 12.5 Å². The summed E-state index contributed by atoms with van der Waals surface area (Å²) in [5, 5.41) is 11.7. The average molecular weight is 242 g/mol. The molecule has 0 heterocycles. The molecular formula is C12H22N2O3. The van der Waals surface area contributed by atoms with Gasteiger partial charge < -0.3 is 10.4 Å². The molecule has 5 heteroatoms. The molecule has 5 nitrogen and oxygen atoms in total. The van der Waals surface area contributed by atoms with Crippen LogP contribution < -0.4 is 5.32 Å². The van der Waals surface area contributed by atoms with E-state index in [4.69, 9.17) is 5.11 Å². The Bertz CT molecular complexity index is 277. The lowest BCUT2D eigenvalue weighted by Crippen LogP contribution is -2.40. The van der Waals surface area contributed by atoms with Gasteiger partial charge in [-0.05, 0) is 25.3 Å². The fraction of sp³-hybridized carbons (Fsp3) is 0.833. The van der Waals surface area contributed by atoms with Crippen LogP contribution in [0.1, 0.15) is 26.7 Å². The molecule has 0 radical (unpaired) electrons. The molecule has 1 aliphatic carbocycles. The van der Waals surface area contributed by atoms with Gasteiger partial charge in [0.25, 0.3) is 0 Å². The molecule has 0 bridgehead atoms. The number of likely N-dealkylation sites (N-methyl/N-ethyl adjacent to an activating group) is 1. The first-order chi connectivity index (χ1) is 8.02. The Balaban J connectivity index is 2.23. The molecule has 1 amide bonds. The highest BCUT2D eigenvalue weighted by atomic mass is 16.4. The lowest BCUT2D eigenvalue weighted by Gasteiger charge is -2.21. The Kier molecular flexibility index (Phi) is 5.41. The predicted octanol–water partition coefficient (Wildman–Crippen LogP) is 0.555. The topological polar surface area (TPSA) is 69.6 Å². The molecule has 1 aliphatic rings. The summed E-state index contributed by atoms with van der Waals surface area (Å²) >= 11 is 0. The van der Waals surface area contributed by atoms with Gasteiger partial charge in [-0.15, -0.1) is 0 Å². The number of carboxylic acid groups (broad SMARTS) is 1. The van der Waals surface area contributed by atoms with Crippen LogP contribution in [0.4, 0.5) is 0 Å². The molecule has 1 atom stereocenters. The lowest BCUT2D eigenvalue weighted by molar-refractivity contribution is -0.142. The first-order valence-corrected chi connectivity index (χ1v) is 6.24. The number of amides is 1. The van der Waals surface area contributed by atoms with E-state index in [1.54, 1.807) is 6.92 Å². The third-order valence-corrected chi connectivity index (χ3v) is 3.05. The van der Waals surface area contributed by atoms with Crippen LogP contribution >= 0.6 is 0 Å². The summed E-state index contributed by atoms with van der Waals surface area (Å²) in [6, 6.07) is 0. The zero-order valence-corrected chi connectivity index (χ0v) is 10.6. The highest BCUT2D eigenvalue weighted by molar-refractivity contribution is 5.78. The molecule has 2 N–H and O–H groups in total. The molecule has 0 aromatic heterocycles. The van der Waals surface area contributed by atoms with E-state index in [1.165, 1.54) is 12.8 Å². The predicted molar refractivity (Wildman–Crippen MR) is 64.6 cm³/mol. The second-order valence-corrected chi connectivity index (χ2v) is 4.81. The molecule has 17 heavy (non-hydrogen) atoms. The minimum atomic E-state index is -0.818. The fourth-order valence-electron chi connectivity index (χ4n) is 1.61. The molecule has 98 valence electrons. The van der Waals surface area contributed by atoms with Crippen molar-refractivity contribution in [1.29, 1.82) is 0 Å². The van der Waals surface area contributed by atoms with Crippen molar-refractivity contribution in [2.24, 2.45) is 11.8 Å². The van der Waals surface area contributed by atoms with Gasteiger partial charge in [0.2, 0.25) is 5.91 Å². The van der Waals surface area contributed by atoms with Crippen LogP contribution in [-0.4, -0.2) is 48.1 Å². The maximum absolute atomic E-state index is 11.6. The zero-order chi connectivity index (χ0) is 12.8. The van der Waals surface area contributed by atoms with Crippen molar-refractivity contribution in [1.82, 2.24) is 10.2 Å². The zero-order valence-electron chi connectivity index (χ0n) is 10.6. The first-order valence-electron chi connectivity index (χ1n) is 6.24. The Hall–Kier alpha value is -1.10. The van der Waals surface area contributed by atoms with E-state index in [1.807, 2.05) is 11.8 Å². The normalized spacial score (nSPS) is 16.9. The van der Waals surface area contributed by atoms with Crippen LogP contribution in [0.25, 0.3) is 0 Å². The highest BCUT2D eigenvalue weighted by Crippen LogP contribution is 2.27. The number of hydrogen-bond acceptors (Lipinski definition) is 3. The third kappa shape index (κ3) is 5.68. The molecule has 0 aromatic carbocycles. The molecular weight excluding hydrogens is 220 g/mol. The maximum atomic E-state index is 11.6. The van der Waals surface area contributed by atoms with Crippen LogP contribution in [0.15, 0.2) is 0 Å². The number of nitrogens with zero attached hydrogens (tertiary/aromatic N) is 1. The summed E-state index contributed by atoms with van der Waals surface area (Å²) in [5.41, 5.74) is 0. The minimum absolute atomic E-state index is 0.00339. The molecule has 0 saturated heterocycles.